The van der Waals surface area contributed by atoms with Gasteiger partial charge >= 0.3 is 0 Å². The molecule has 0 atom stereocenters. The summed E-state index contributed by atoms with van der Waals surface area (Å²) >= 11 is 1.49. The number of benzene rings is 3. The maximum Gasteiger partial charge on any atom is 0.200 e. The Morgan fingerprint density at radius 2 is 1.69 bits per heavy atom. The fraction of sp³-hybridized carbons (Fsp3) is 0.192. The number of rotatable bonds is 8. The van der Waals surface area contributed by atoms with Crippen molar-refractivity contribution in [3.63, 3.8) is 0 Å². The average molecular weight is 449 g/mol. The Morgan fingerprint density at radius 1 is 0.875 bits per heavy atom. The molecule has 1 heterocycles. The molecular formula is C26H24O5S. The van der Waals surface area contributed by atoms with E-state index in [1.807, 2.05) is 73.7 Å². The Morgan fingerprint density at radius 3 is 2.44 bits per heavy atom. The molecule has 0 aliphatic carbocycles. The lowest BCUT2D eigenvalue weighted by Gasteiger charge is -2.15. The van der Waals surface area contributed by atoms with Crippen LogP contribution in [0.1, 0.15) is 28.4 Å². The lowest BCUT2D eigenvalue weighted by molar-refractivity contribution is 0.104. The molecule has 0 fully saturated rings. The summed E-state index contributed by atoms with van der Waals surface area (Å²) in [4.78, 5) is 14.4. The van der Waals surface area contributed by atoms with Crippen LogP contribution >= 0.6 is 11.8 Å². The number of methoxy groups -OCH3 is 2. The first kappa shape index (κ1) is 21.8. The van der Waals surface area contributed by atoms with Crippen molar-refractivity contribution in [1.29, 1.82) is 0 Å². The predicted molar refractivity (Wildman–Crippen MR) is 126 cm³/mol. The third-order valence-electron chi connectivity index (χ3n) is 5.01. The quantitative estimate of drug-likeness (QED) is 0.393. The summed E-state index contributed by atoms with van der Waals surface area (Å²) in [5, 5.41) is 0. The smallest absolute Gasteiger partial charge is 0.200 e. The number of carbonyl (C=O) groups is 1. The maximum absolute atomic E-state index is 12.7. The molecule has 0 amide bonds. The largest absolute Gasteiger partial charge is 0.497 e. The minimum atomic E-state index is 0.0500. The normalized spacial score (nSPS) is 13.7. The van der Waals surface area contributed by atoms with E-state index in [0.29, 0.717) is 29.6 Å². The van der Waals surface area contributed by atoms with E-state index >= 15 is 0 Å². The number of ketones is 1. The standard InChI is InChI=1S/C26H24O5S/c1-4-30-23-13-17(14-25-26(27)20-7-5-6-8-24(20)32-25)9-11-22(23)31-16-18-15-19(28-2)10-12-21(18)29-3/h5-15H,4,16H2,1-3H3. The SMILES string of the molecule is CCOc1cc(C=C2Sc3ccccc3C2=O)ccc1OCc1cc(OC)ccc1OC. The lowest BCUT2D eigenvalue weighted by Crippen LogP contribution is -2.02. The number of carbonyl (C=O) groups excluding carboxylic acids is 1. The van der Waals surface area contributed by atoms with Crippen molar-refractivity contribution < 1.29 is 23.7 Å². The van der Waals surface area contributed by atoms with Gasteiger partial charge in [0, 0.05) is 16.0 Å². The Labute approximate surface area is 192 Å². The van der Waals surface area contributed by atoms with Gasteiger partial charge in [-0.3, -0.25) is 4.79 Å². The molecule has 164 valence electrons. The molecule has 3 aromatic rings. The minimum absolute atomic E-state index is 0.0500. The lowest BCUT2D eigenvalue weighted by atomic mass is 10.1. The van der Waals surface area contributed by atoms with Gasteiger partial charge in [-0.1, -0.05) is 30.0 Å². The Bertz CT molecular complexity index is 1170. The third-order valence-corrected chi connectivity index (χ3v) is 6.11. The van der Waals surface area contributed by atoms with Crippen molar-refractivity contribution in [2.75, 3.05) is 20.8 Å². The van der Waals surface area contributed by atoms with E-state index < -0.39 is 0 Å². The molecule has 5 nitrogen and oxygen atoms in total. The minimum Gasteiger partial charge on any atom is -0.497 e. The first-order valence-corrected chi connectivity index (χ1v) is 11.1. The number of thioether (sulfide) groups is 1. The Balaban J connectivity index is 1.56. The van der Waals surface area contributed by atoms with Gasteiger partial charge < -0.3 is 18.9 Å². The van der Waals surface area contributed by atoms with Gasteiger partial charge in [-0.05, 0) is 61.0 Å². The molecule has 1 aliphatic heterocycles. The first-order valence-electron chi connectivity index (χ1n) is 10.3. The fourth-order valence-corrected chi connectivity index (χ4v) is 4.49. The van der Waals surface area contributed by atoms with E-state index in [-0.39, 0.29) is 5.78 Å². The second-order valence-electron chi connectivity index (χ2n) is 7.04. The molecule has 0 saturated heterocycles. The van der Waals surface area contributed by atoms with Crippen LogP contribution in [0.4, 0.5) is 0 Å². The van der Waals surface area contributed by atoms with Crippen LogP contribution in [0.3, 0.4) is 0 Å². The van der Waals surface area contributed by atoms with Crippen LogP contribution < -0.4 is 18.9 Å². The molecular weight excluding hydrogens is 424 g/mol. The van der Waals surface area contributed by atoms with Crippen LogP contribution in [0.5, 0.6) is 23.0 Å². The van der Waals surface area contributed by atoms with Crippen molar-refractivity contribution in [2.45, 2.75) is 18.4 Å². The molecule has 0 spiro atoms. The Kier molecular flexibility index (Phi) is 6.71. The highest BCUT2D eigenvalue weighted by molar-refractivity contribution is 8.04. The number of hydrogen-bond donors (Lipinski definition) is 0. The highest BCUT2D eigenvalue weighted by atomic mass is 32.2. The van der Waals surface area contributed by atoms with E-state index in [0.717, 1.165) is 33.1 Å². The number of Topliss-reactive ketones (excluding diaryl/α,β-unsaturated/α-hetero) is 1. The van der Waals surface area contributed by atoms with Gasteiger partial charge in [0.25, 0.3) is 0 Å². The molecule has 0 unspecified atom stereocenters. The molecule has 0 N–H and O–H groups in total. The summed E-state index contributed by atoms with van der Waals surface area (Å²) in [5.41, 5.74) is 2.50. The molecule has 1 aliphatic rings. The number of ether oxygens (including phenoxy) is 4. The summed E-state index contributed by atoms with van der Waals surface area (Å²) in [6, 6.07) is 18.9. The zero-order valence-electron chi connectivity index (χ0n) is 18.2. The Hall–Kier alpha value is -3.38. The van der Waals surface area contributed by atoms with Gasteiger partial charge in [-0.15, -0.1) is 0 Å². The van der Waals surface area contributed by atoms with Gasteiger partial charge in [-0.2, -0.15) is 0 Å². The van der Waals surface area contributed by atoms with Crippen molar-refractivity contribution >= 4 is 23.6 Å². The fourth-order valence-electron chi connectivity index (χ4n) is 3.44. The van der Waals surface area contributed by atoms with E-state index in [9.17, 15) is 4.79 Å². The van der Waals surface area contributed by atoms with Gasteiger partial charge in [0.15, 0.2) is 11.5 Å². The average Bonchev–Trinajstić information content (AvgIpc) is 3.13. The van der Waals surface area contributed by atoms with Crippen LogP contribution in [0.2, 0.25) is 0 Å². The number of hydrogen-bond acceptors (Lipinski definition) is 6. The monoisotopic (exact) mass is 448 g/mol. The molecule has 0 saturated carbocycles. The first-order chi connectivity index (χ1) is 15.6. The highest BCUT2D eigenvalue weighted by Gasteiger charge is 2.25. The van der Waals surface area contributed by atoms with Crippen LogP contribution in [-0.2, 0) is 6.61 Å². The van der Waals surface area contributed by atoms with Crippen LogP contribution in [0, 0.1) is 0 Å². The van der Waals surface area contributed by atoms with E-state index in [4.69, 9.17) is 18.9 Å². The number of fused-ring (bicyclic) bond motifs is 1. The molecule has 6 heteroatoms. The number of allylic oxidation sites excluding steroid dienone is 1. The zero-order chi connectivity index (χ0) is 22.5. The summed E-state index contributed by atoms with van der Waals surface area (Å²) in [5.74, 6) is 2.75. The molecule has 0 aromatic heterocycles. The highest BCUT2D eigenvalue weighted by Crippen LogP contribution is 2.41. The summed E-state index contributed by atoms with van der Waals surface area (Å²) < 4.78 is 22.6. The predicted octanol–water partition coefficient (Wildman–Crippen LogP) is 6.01. The summed E-state index contributed by atoms with van der Waals surface area (Å²) in [7, 11) is 3.25. The van der Waals surface area contributed by atoms with Crippen LogP contribution in [-0.4, -0.2) is 26.6 Å². The second kappa shape index (κ2) is 9.83. The van der Waals surface area contributed by atoms with Crippen molar-refractivity contribution in [3.05, 3.63) is 82.3 Å². The van der Waals surface area contributed by atoms with Crippen molar-refractivity contribution in [2.24, 2.45) is 0 Å². The summed E-state index contributed by atoms with van der Waals surface area (Å²) in [6.07, 6.45) is 1.89. The van der Waals surface area contributed by atoms with Gasteiger partial charge in [-0.25, -0.2) is 0 Å². The molecule has 32 heavy (non-hydrogen) atoms. The van der Waals surface area contributed by atoms with Gasteiger partial charge in [0.1, 0.15) is 18.1 Å². The zero-order valence-corrected chi connectivity index (χ0v) is 19.0. The van der Waals surface area contributed by atoms with Crippen molar-refractivity contribution in [3.8, 4) is 23.0 Å². The topological polar surface area (TPSA) is 54.0 Å². The third kappa shape index (κ3) is 4.60. The van der Waals surface area contributed by atoms with Crippen molar-refractivity contribution in [1.82, 2.24) is 0 Å². The van der Waals surface area contributed by atoms with E-state index in [2.05, 4.69) is 0 Å². The van der Waals surface area contributed by atoms with E-state index in [1.54, 1.807) is 14.2 Å². The molecule has 3 aromatic carbocycles. The second-order valence-corrected chi connectivity index (χ2v) is 8.13. The van der Waals surface area contributed by atoms with Gasteiger partial charge in [0.2, 0.25) is 5.78 Å². The summed E-state index contributed by atoms with van der Waals surface area (Å²) in [6.45, 7) is 2.72. The van der Waals surface area contributed by atoms with Crippen LogP contribution in [0.15, 0.2) is 70.5 Å². The van der Waals surface area contributed by atoms with Gasteiger partial charge in [0.05, 0.1) is 25.7 Å². The maximum atomic E-state index is 12.7. The van der Waals surface area contributed by atoms with E-state index in [1.165, 1.54) is 11.8 Å². The molecule has 4 rings (SSSR count). The van der Waals surface area contributed by atoms with Crippen LogP contribution in [0.25, 0.3) is 6.08 Å². The molecule has 0 radical (unpaired) electrons. The molecule has 0 bridgehead atoms.